The smallest absolute Gasteiger partial charge is 0.337 e. The van der Waals surface area contributed by atoms with E-state index in [1.807, 2.05) is 60.8 Å². The predicted molar refractivity (Wildman–Crippen MR) is 125 cm³/mol. The Morgan fingerprint density at radius 2 is 1.61 bits per heavy atom. The third-order valence-corrected chi connectivity index (χ3v) is 6.47. The summed E-state index contributed by atoms with van der Waals surface area (Å²) >= 11 is 1.53. The lowest BCUT2D eigenvalue weighted by atomic mass is 10.1. The zero-order valence-corrected chi connectivity index (χ0v) is 17.2. The van der Waals surface area contributed by atoms with E-state index in [1.165, 1.54) is 22.5 Å². The Morgan fingerprint density at radius 1 is 0.806 bits per heavy atom. The maximum absolute atomic E-state index is 12.2. The number of hydrogen-bond donors (Lipinski definition) is 0. The molecule has 0 aliphatic rings. The fraction of sp³-hybridized carbons (Fsp3) is 0. The highest BCUT2D eigenvalue weighted by atomic mass is 32.2. The first kappa shape index (κ1) is 18.0. The van der Waals surface area contributed by atoms with E-state index < -0.39 is 0 Å². The van der Waals surface area contributed by atoms with Gasteiger partial charge in [-0.25, -0.2) is 9.78 Å². The first-order chi connectivity index (χ1) is 15.3. The second kappa shape index (κ2) is 7.15. The van der Waals surface area contributed by atoms with Gasteiger partial charge in [0.2, 0.25) is 0 Å². The average molecular weight is 420 g/mol. The summed E-state index contributed by atoms with van der Waals surface area (Å²) in [4.78, 5) is 18.0. The average Bonchev–Trinajstić information content (AvgIpc) is 3.17. The summed E-state index contributed by atoms with van der Waals surface area (Å²) in [6.07, 6.45) is 2.00. The molecular formula is C26H16N2O2S. The minimum atomic E-state index is -0.359. The van der Waals surface area contributed by atoms with Gasteiger partial charge in [-0.1, -0.05) is 72.4 Å². The molecule has 4 nitrogen and oxygen atoms in total. The summed E-state index contributed by atoms with van der Waals surface area (Å²) in [6.45, 7) is 0. The zero-order valence-electron chi connectivity index (χ0n) is 16.4. The van der Waals surface area contributed by atoms with Crippen LogP contribution in [0.4, 0.5) is 0 Å². The summed E-state index contributed by atoms with van der Waals surface area (Å²) in [7, 11) is 0. The Kier molecular flexibility index (Phi) is 4.14. The Morgan fingerprint density at radius 3 is 2.55 bits per heavy atom. The molecule has 0 radical (unpaired) electrons. The van der Waals surface area contributed by atoms with Gasteiger partial charge in [-0.2, -0.15) is 0 Å². The standard InChI is InChI=1S/C26H16N2O2S/c29-24-16-22(20-9-3-4-10-21(20)30-24)31-26-25(27-23-11-5-6-14-28(23)26)19-13-12-17-7-1-2-8-18(17)15-19/h1-16H. The molecule has 0 saturated carbocycles. The second-order valence-electron chi connectivity index (χ2n) is 7.28. The number of imidazole rings is 1. The molecule has 0 bridgehead atoms. The number of benzene rings is 3. The van der Waals surface area contributed by atoms with Crippen molar-refractivity contribution in [1.82, 2.24) is 9.38 Å². The van der Waals surface area contributed by atoms with Crippen molar-refractivity contribution in [1.29, 1.82) is 0 Å². The minimum Gasteiger partial charge on any atom is -0.423 e. The van der Waals surface area contributed by atoms with Crippen molar-refractivity contribution < 1.29 is 4.42 Å². The second-order valence-corrected chi connectivity index (χ2v) is 8.31. The van der Waals surface area contributed by atoms with E-state index in [-0.39, 0.29) is 5.63 Å². The Bertz CT molecular complexity index is 1650. The van der Waals surface area contributed by atoms with Crippen LogP contribution in [-0.2, 0) is 0 Å². The third-order valence-electron chi connectivity index (χ3n) is 5.33. The molecule has 0 fully saturated rings. The van der Waals surface area contributed by atoms with Crippen molar-refractivity contribution in [3.8, 4) is 11.3 Å². The Hall–Kier alpha value is -3.83. The van der Waals surface area contributed by atoms with Crippen molar-refractivity contribution in [2.24, 2.45) is 0 Å². The van der Waals surface area contributed by atoms with Crippen LogP contribution in [0.5, 0.6) is 0 Å². The summed E-state index contributed by atoms with van der Waals surface area (Å²) in [6, 6.07) is 29.8. The van der Waals surface area contributed by atoms with Crippen LogP contribution in [0.3, 0.4) is 0 Å². The fourth-order valence-electron chi connectivity index (χ4n) is 3.87. The van der Waals surface area contributed by atoms with E-state index in [0.29, 0.717) is 5.58 Å². The minimum absolute atomic E-state index is 0.359. The summed E-state index contributed by atoms with van der Waals surface area (Å²) in [5, 5.41) is 4.22. The van der Waals surface area contributed by atoms with E-state index in [4.69, 9.17) is 9.40 Å². The first-order valence-corrected chi connectivity index (χ1v) is 10.7. The number of rotatable bonds is 3. The van der Waals surface area contributed by atoms with Gasteiger partial charge in [-0.3, -0.25) is 4.40 Å². The van der Waals surface area contributed by atoms with Gasteiger partial charge in [0.05, 0.1) is 0 Å². The van der Waals surface area contributed by atoms with Gasteiger partial charge in [-0.15, -0.1) is 0 Å². The van der Waals surface area contributed by atoms with Gasteiger partial charge in [-0.05, 0) is 35.0 Å². The lowest BCUT2D eigenvalue weighted by Crippen LogP contribution is -1.97. The number of aromatic nitrogens is 2. The lowest BCUT2D eigenvalue weighted by Gasteiger charge is -2.08. The number of hydrogen-bond acceptors (Lipinski definition) is 4. The molecule has 148 valence electrons. The SMILES string of the molecule is O=c1cc(Sc2c(-c3ccc4ccccc4c3)nc3ccccn23)c2ccccc2o1. The molecular weight excluding hydrogens is 404 g/mol. The molecule has 0 amide bonds. The van der Waals surface area contributed by atoms with Crippen LogP contribution in [-0.4, -0.2) is 9.38 Å². The van der Waals surface area contributed by atoms with Crippen molar-refractivity contribution >= 4 is 39.2 Å². The maximum atomic E-state index is 12.2. The van der Waals surface area contributed by atoms with Gasteiger partial charge in [0.1, 0.15) is 22.0 Å². The molecule has 0 spiro atoms. The number of pyridine rings is 1. The van der Waals surface area contributed by atoms with Crippen molar-refractivity contribution in [3.63, 3.8) is 0 Å². The number of fused-ring (bicyclic) bond motifs is 3. The van der Waals surface area contributed by atoms with Gasteiger partial charge in [0.15, 0.2) is 0 Å². The number of para-hydroxylation sites is 1. The Balaban J connectivity index is 1.59. The molecule has 3 aromatic heterocycles. The summed E-state index contributed by atoms with van der Waals surface area (Å²) < 4.78 is 7.45. The highest BCUT2D eigenvalue weighted by Gasteiger charge is 2.17. The lowest BCUT2D eigenvalue weighted by molar-refractivity contribution is 0.557. The fourth-order valence-corrected chi connectivity index (χ4v) is 5.02. The van der Waals surface area contributed by atoms with Crippen LogP contribution < -0.4 is 5.63 Å². The highest BCUT2D eigenvalue weighted by Crippen LogP contribution is 2.39. The molecule has 0 aliphatic heterocycles. The predicted octanol–water partition coefficient (Wildman–Crippen LogP) is 6.41. The van der Waals surface area contributed by atoms with Gasteiger partial charge < -0.3 is 4.42 Å². The van der Waals surface area contributed by atoms with Crippen LogP contribution in [0, 0.1) is 0 Å². The van der Waals surface area contributed by atoms with E-state index in [0.717, 1.165) is 32.2 Å². The molecule has 6 aromatic rings. The third kappa shape index (κ3) is 3.10. The molecule has 0 saturated heterocycles. The van der Waals surface area contributed by atoms with Crippen molar-refractivity contribution in [2.75, 3.05) is 0 Å². The molecule has 0 aliphatic carbocycles. The molecule has 0 unspecified atom stereocenters. The first-order valence-electron chi connectivity index (χ1n) is 9.93. The van der Waals surface area contributed by atoms with E-state index in [9.17, 15) is 4.79 Å². The molecule has 5 heteroatoms. The van der Waals surface area contributed by atoms with Crippen LogP contribution in [0.1, 0.15) is 0 Å². The molecule has 0 N–H and O–H groups in total. The van der Waals surface area contributed by atoms with Crippen LogP contribution in [0.2, 0.25) is 0 Å². The summed E-state index contributed by atoms with van der Waals surface area (Å²) in [5.74, 6) is 0. The molecule has 3 aromatic carbocycles. The van der Waals surface area contributed by atoms with E-state index >= 15 is 0 Å². The van der Waals surface area contributed by atoms with E-state index in [2.05, 4.69) is 34.7 Å². The highest BCUT2D eigenvalue weighted by molar-refractivity contribution is 7.99. The van der Waals surface area contributed by atoms with Crippen LogP contribution >= 0.6 is 11.8 Å². The van der Waals surface area contributed by atoms with E-state index in [1.54, 1.807) is 6.07 Å². The Labute approximate surface area is 181 Å². The van der Waals surface area contributed by atoms with Crippen LogP contribution in [0.25, 0.3) is 38.6 Å². The molecule has 3 heterocycles. The van der Waals surface area contributed by atoms with Gasteiger partial charge in [0, 0.05) is 28.1 Å². The van der Waals surface area contributed by atoms with Crippen molar-refractivity contribution in [3.05, 3.63) is 108 Å². The topological polar surface area (TPSA) is 47.5 Å². The van der Waals surface area contributed by atoms with Crippen LogP contribution in [0.15, 0.2) is 116 Å². The maximum Gasteiger partial charge on any atom is 0.337 e. The van der Waals surface area contributed by atoms with Crippen molar-refractivity contribution in [2.45, 2.75) is 9.92 Å². The monoisotopic (exact) mass is 420 g/mol. The quantitative estimate of drug-likeness (QED) is 0.310. The normalized spacial score (nSPS) is 11.5. The molecule has 0 atom stereocenters. The van der Waals surface area contributed by atoms with Gasteiger partial charge >= 0.3 is 5.63 Å². The molecule has 6 rings (SSSR count). The zero-order chi connectivity index (χ0) is 20.8. The molecule has 31 heavy (non-hydrogen) atoms. The number of nitrogens with zero attached hydrogens (tertiary/aromatic N) is 2. The largest absolute Gasteiger partial charge is 0.423 e. The summed E-state index contributed by atoms with van der Waals surface area (Å²) in [5.41, 5.74) is 3.01. The van der Waals surface area contributed by atoms with Gasteiger partial charge in [0.25, 0.3) is 0 Å².